The molecule has 1 aliphatic carbocycles. The summed E-state index contributed by atoms with van der Waals surface area (Å²) in [5, 5.41) is 2.96. The number of hydrogen-bond donors (Lipinski definition) is 1. The number of rotatable bonds is 5. The SMILES string of the molecule is O=C(Nc1ccccc1)c1cc(CN2CCCCC2)cc(C2CC2)n1. The van der Waals surface area contributed by atoms with Gasteiger partial charge in [0.15, 0.2) is 0 Å². The first-order valence-corrected chi connectivity index (χ1v) is 9.37. The van der Waals surface area contributed by atoms with E-state index in [1.165, 1.54) is 37.7 Å². The Hall–Kier alpha value is -2.20. The summed E-state index contributed by atoms with van der Waals surface area (Å²) in [6.07, 6.45) is 6.29. The third-order valence-electron chi connectivity index (χ3n) is 5.02. The molecular weight excluding hydrogens is 310 g/mol. The van der Waals surface area contributed by atoms with Gasteiger partial charge in [0.25, 0.3) is 5.91 Å². The van der Waals surface area contributed by atoms with Crippen molar-refractivity contribution in [2.45, 2.75) is 44.6 Å². The normalized spacial score (nSPS) is 18.1. The number of hydrogen-bond acceptors (Lipinski definition) is 3. The molecule has 0 bridgehead atoms. The van der Waals surface area contributed by atoms with Crippen LogP contribution >= 0.6 is 0 Å². The van der Waals surface area contributed by atoms with Gasteiger partial charge in [0.2, 0.25) is 0 Å². The van der Waals surface area contributed by atoms with Crippen LogP contribution in [-0.4, -0.2) is 28.9 Å². The van der Waals surface area contributed by atoms with Gasteiger partial charge in [-0.05, 0) is 68.6 Å². The molecule has 2 heterocycles. The molecule has 1 saturated carbocycles. The number of piperidine rings is 1. The molecule has 2 aliphatic rings. The summed E-state index contributed by atoms with van der Waals surface area (Å²) in [6.45, 7) is 3.24. The summed E-state index contributed by atoms with van der Waals surface area (Å²) in [5.41, 5.74) is 3.66. The van der Waals surface area contributed by atoms with Crippen molar-refractivity contribution in [3.05, 3.63) is 59.4 Å². The Bertz CT molecular complexity index is 734. The molecule has 4 nitrogen and oxygen atoms in total. The van der Waals surface area contributed by atoms with Crippen LogP contribution in [0, 0.1) is 0 Å². The van der Waals surface area contributed by atoms with E-state index in [1.807, 2.05) is 36.4 Å². The second kappa shape index (κ2) is 7.36. The van der Waals surface area contributed by atoms with Crippen LogP contribution in [0.4, 0.5) is 5.69 Å². The predicted octanol–water partition coefficient (Wildman–Crippen LogP) is 4.20. The molecule has 4 rings (SSSR count). The van der Waals surface area contributed by atoms with Crippen LogP contribution in [0.5, 0.6) is 0 Å². The van der Waals surface area contributed by atoms with Crippen molar-refractivity contribution in [2.24, 2.45) is 0 Å². The fourth-order valence-corrected chi connectivity index (χ4v) is 3.50. The van der Waals surface area contributed by atoms with Gasteiger partial charge >= 0.3 is 0 Å². The van der Waals surface area contributed by atoms with Gasteiger partial charge in [0, 0.05) is 23.8 Å². The zero-order valence-corrected chi connectivity index (χ0v) is 14.6. The largest absolute Gasteiger partial charge is 0.321 e. The third kappa shape index (κ3) is 4.26. The maximum Gasteiger partial charge on any atom is 0.274 e. The summed E-state index contributed by atoms with van der Waals surface area (Å²) in [7, 11) is 0. The highest BCUT2D eigenvalue weighted by atomic mass is 16.1. The van der Waals surface area contributed by atoms with E-state index in [1.54, 1.807) is 0 Å². The van der Waals surface area contributed by atoms with E-state index in [0.717, 1.165) is 31.0 Å². The van der Waals surface area contributed by atoms with Gasteiger partial charge in [0.05, 0.1) is 0 Å². The van der Waals surface area contributed by atoms with E-state index in [4.69, 9.17) is 0 Å². The Kier molecular flexibility index (Phi) is 4.79. The Balaban J connectivity index is 1.54. The number of likely N-dealkylation sites (tertiary alicyclic amines) is 1. The summed E-state index contributed by atoms with van der Waals surface area (Å²) in [4.78, 5) is 19.8. The molecule has 1 amide bonds. The van der Waals surface area contributed by atoms with Gasteiger partial charge in [0.1, 0.15) is 5.69 Å². The number of carbonyl (C=O) groups is 1. The molecule has 4 heteroatoms. The van der Waals surface area contributed by atoms with E-state index in [-0.39, 0.29) is 5.91 Å². The highest BCUT2D eigenvalue weighted by Crippen LogP contribution is 2.39. The van der Waals surface area contributed by atoms with Crippen LogP contribution in [0.25, 0.3) is 0 Å². The van der Waals surface area contributed by atoms with Crippen LogP contribution in [0.3, 0.4) is 0 Å². The number of para-hydroxylation sites is 1. The van der Waals surface area contributed by atoms with Crippen molar-refractivity contribution in [1.82, 2.24) is 9.88 Å². The van der Waals surface area contributed by atoms with E-state index < -0.39 is 0 Å². The number of pyridine rings is 1. The zero-order valence-electron chi connectivity index (χ0n) is 14.6. The van der Waals surface area contributed by atoms with Crippen molar-refractivity contribution < 1.29 is 4.79 Å². The Morgan fingerprint density at radius 3 is 2.56 bits per heavy atom. The molecule has 0 unspecified atom stereocenters. The predicted molar refractivity (Wildman–Crippen MR) is 99.7 cm³/mol. The quantitative estimate of drug-likeness (QED) is 0.891. The lowest BCUT2D eigenvalue weighted by atomic mass is 10.1. The monoisotopic (exact) mass is 335 g/mol. The number of benzene rings is 1. The number of aromatic nitrogens is 1. The van der Waals surface area contributed by atoms with Gasteiger partial charge < -0.3 is 5.32 Å². The molecule has 1 saturated heterocycles. The van der Waals surface area contributed by atoms with Gasteiger partial charge in [-0.2, -0.15) is 0 Å². The van der Waals surface area contributed by atoms with Crippen molar-refractivity contribution in [2.75, 3.05) is 18.4 Å². The molecule has 25 heavy (non-hydrogen) atoms. The summed E-state index contributed by atoms with van der Waals surface area (Å²) in [6, 6.07) is 13.8. The molecule has 1 aromatic heterocycles. The summed E-state index contributed by atoms with van der Waals surface area (Å²) in [5.74, 6) is 0.429. The number of carbonyl (C=O) groups excluding carboxylic acids is 1. The van der Waals surface area contributed by atoms with Crippen LogP contribution in [0.1, 0.15) is 59.8 Å². The van der Waals surface area contributed by atoms with Crippen molar-refractivity contribution in [1.29, 1.82) is 0 Å². The average Bonchev–Trinajstić information content (AvgIpc) is 3.48. The van der Waals surface area contributed by atoms with E-state index in [0.29, 0.717) is 11.6 Å². The van der Waals surface area contributed by atoms with Gasteiger partial charge in [-0.1, -0.05) is 24.6 Å². The van der Waals surface area contributed by atoms with Crippen LogP contribution in [0.15, 0.2) is 42.5 Å². The first-order valence-electron chi connectivity index (χ1n) is 9.37. The lowest BCUT2D eigenvalue weighted by Gasteiger charge is -2.26. The number of nitrogens with one attached hydrogen (secondary N) is 1. The lowest BCUT2D eigenvalue weighted by Crippen LogP contribution is -2.29. The first kappa shape index (κ1) is 16.3. The Morgan fingerprint density at radius 1 is 1.08 bits per heavy atom. The molecule has 2 aromatic rings. The molecule has 130 valence electrons. The summed E-state index contributed by atoms with van der Waals surface area (Å²) < 4.78 is 0. The molecule has 2 fully saturated rings. The standard InChI is InChI=1S/C21H25N3O/c25-21(22-18-7-3-1-4-8-18)20-14-16(13-19(23-20)17-9-10-17)15-24-11-5-2-6-12-24/h1,3-4,7-8,13-14,17H,2,5-6,9-12,15H2,(H,22,25). The van der Waals surface area contributed by atoms with Gasteiger partial charge in [-0.3, -0.25) is 9.69 Å². The summed E-state index contributed by atoms with van der Waals surface area (Å²) >= 11 is 0. The maximum absolute atomic E-state index is 12.7. The van der Waals surface area contributed by atoms with Gasteiger partial charge in [-0.25, -0.2) is 4.98 Å². The number of anilines is 1. The topological polar surface area (TPSA) is 45.2 Å². The van der Waals surface area contributed by atoms with Crippen molar-refractivity contribution in [3.63, 3.8) is 0 Å². The van der Waals surface area contributed by atoms with Crippen molar-refractivity contribution >= 4 is 11.6 Å². The fraction of sp³-hybridized carbons (Fsp3) is 0.429. The number of nitrogens with zero attached hydrogens (tertiary/aromatic N) is 2. The second-order valence-corrected chi connectivity index (χ2v) is 7.22. The zero-order chi connectivity index (χ0) is 17.1. The first-order chi connectivity index (χ1) is 12.3. The molecule has 1 aromatic carbocycles. The van der Waals surface area contributed by atoms with Crippen LogP contribution in [-0.2, 0) is 6.54 Å². The molecule has 0 atom stereocenters. The molecule has 1 N–H and O–H groups in total. The molecular formula is C21H25N3O. The molecule has 0 spiro atoms. The Labute approximate surface area is 149 Å². The van der Waals surface area contributed by atoms with E-state index >= 15 is 0 Å². The average molecular weight is 335 g/mol. The maximum atomic E-state index is 12.7. The Morgan fingerprint density at radius 2 is 1.84 bits per heavy atom. The smallest absolute Gasteiger partial charge is 0.274 e. The van der Waals surface area contributed by atoms with Crippen LogP contribution in [0.2, 0.25) is 0 Å². The molecule has 1 aliphatic heterocycles. The fourth-order valence-electron chi connectivity index (χ4n) is 3.50. The van der Waals surface area contributed by atoms with Crippen LogP contribution < -0.4 is 5.32 Å². The van der Waals surface area contributed by atoms with E-state index in [9.17, 15) is 4.79 Å². The van der Waals surface area contributed by atoms with Crippen molar-refractivity contribution in [3.8, 4) is 0 Å². The second-order valence-electron chi connectivity index (χ2n) is 7.22. The van der Waals surface area contributed by atoms with Gasteiger partial charge in [-0.15, -0.1) is 0 Å². The minimum atomic E-state index is -0.117. The highest BCUT2D eigenvalue weighted by molar-refractivity contribution is 6.03. The number of amides is 1. The molecule has 0 radical (unpaired) electrons. The minimum absolute atomic E-state index is 0.117. The van der Waals surface area contributed by atoms with E-state index in [2.05, 4.69) is 21.3 Å². The highest BCUT2D eigenvalue weighted by Gasteiger charge is 2.27. The third-order valence-corrected chi connectivity index (χ3v) is 5.02. The lowest BCUT2D eigenvalue weighted by molar-refractivity contribution is 0.102. The minimum Gasteiger partial charge on any atom is -0.321 e.